The fourth-order valence-electron chi connectivity index (χ4n) is 4.67. The highest BCUT2D eigenvalue weighted by Gasteiger charge is 2.71. The lowest BCUT2D eigenvalue weighted by atomic mass is 9.80. The zero-order valence-corrected chi connectivity index (χ0v) is 25.0. The fraction of sp³-hybridized carbons (Fsp3) is 0.931. The van der Waals surface area contributed by atoms with Gasteiger partial charge in [0.1, 0.15) is 11.7 Å². The molecule has 0 spiro atoms. The molecule has 0 heterocycles. The minimum atomic E-state index is -5.93. The lowest BCUT2D eigenvalue weighted by molar-refractivity contribution is -0.375. The molecular weight excluding hydrogens is 542 g/mol. The van der Waals surface area contributed by atoms with Crippen molar-refractivity contribution < 1.29 is 50.5 Å². The standard InChI is InChI=1S/C17H26F6O3.C12H22O2/c1-4-14(2,3)13(24)26-12(11-8-6-5-7-9-11)10-15(25,16(18,19)20)17(21,22)23;1-5-11(2,3)10(13)14-12(4)8-6-7-9-12/h11-12,25H,4-10H2,1-3H3;5-9H2,1-4H3. The molecule has 0 aromatic heterocycles. The van der Waals surface area contributed by atoms with E-state index in [9.17, 15) is 41.0 Å². The first-order valence-corrected chi connectivity index (χ1v) is 14.4. The first-order chi connectivity index (χ1) is 18.1. The molecule has 11 heteroatoms. The Morgan fingerprint density at radius 2 is 1.23 bits per heavy atom. The average molecular weight is 591 g/mol. The molecule has 40 heavy (non-hydrogen) atoms. The van der Waals surface area contributed by atoms with Crippen LogP contribution in [0.1, 0.15) is 126 Å². The molecule has 2 fully saturated rings. The number of hydrogen-bond donors (Lipinski definition) is 1. The van der Waals surface area contributed by atoms with Crippen molar-refractivity contribution >= 4 is 11.9 Å². The van der Waals surface area contributed by atoms with Gasteiger partial charge in [-0.2, -0.15) is 26.3 Å². The molecule has 2 aliphatic carbocycles. The molecule has 1 atom stereocenters. The van der Waals surface area contributed by atoms with E-state index in [1.807, 2.05) is 20.8 Å². The van der Waals surface area contributed by atoms with Gasteiger partial charge in [0, 0.05) is 6.42 Å². The van der Waals surface area contributed by atoms with Crippen LogP contribution in [0.15, 0.2) is 0 Å². The first kappa shape index (κ1) is 36.5. The number of alkyl halides is 6. The van der Waals surface area contributed by atoms with Gasteiger partial charge in [0.25, 0.3) is 5.60 Å². The summed E-state index contributed by atoms with van der Waals surface area (Å²) >= 11 is 0. The van der Waals surface area contributed by atoms with E-state index >= 15 is 0 Å². The minimum absolute atomic E-state index is 0.0376. The van der Waals surface area contributed by atoms with Gasteiger partial charge < -0.3 is 14.6 Å². The van der Waals surface area contributed by atoms with E-state index in [-0.39, 0.29) is 17.0 Å². The normalized spacial score (nSPS) is 19.9. The highest BCUT2D eigenvalue weighted by molar-refractivity contribution is 5.76. The molecule has 2 aliphatic rings. The van der Waals surface area contributed by atoms with Crippen LogP contribution in [0.3, 0.4) is 0 Å². The van der Waals surface area contributed by atoms with Crippen molar-refractivity contribution in [2.45, 2.75) is 155 Å². The van der Waals surface area contributed by atoms with Crippen molar-refractivity contribution in [3.8, 4) is 0 Å². The summed E-state index contributed by atoms with van der Waals surface area (Å²) in [5.74, 6) is -1.54. The molecule has 0 aromatic rings. The number of carbonyl (C=O) groups is 2. The number of halogens is 6. The first-order valence-electron chi connectivity index (χ1n) is 14.4. The van der Waals surface area contributed by atoms with Crippen LogP contribution in [0.4, 0.5) is 26.3 Å². The Morgan fingerprint density at radius 3 is 1.62 bits per heavy atom. The summed E-state index contributed by atoms with van der Waals surface area (Å²) in [6, 6.07) is 0. The molecule has 0 bridgehead atoms. The van der Waals surface area contributed by atoms with Crippen molar-refractivity contribution in [1.82, 2.24) is 0 Å². The highest BCUT2D eigenvalue weighted by Crippen LogP contribution is 2.48. The molecule has 0 saturated heterocycles. The van der Waals surface area contributed by atoms with E-state index in [1.165, 1.54) is 26.7 Å². The summed E-state index contributed by atoms with van der Waals surface area (Å²) in [6.07, 6.45) is -6.86. The Labute approximate surface area is 234 Å². The number of aliphatic hydroxyl groups is 1. The average Bonchev–Trinajstić information content (AvgIpc) is 3.28. The third-order valence-electron chi connectivity index (χ3n) is 8.74. The summed E-state index contributed by atoms with van der Waals surface area (Å²) < 4.78 is 89.1. The number of carbonyl (C=O) groups excluding carboxylic acids is 2. The molecule has 1 N–H and O–H groups in total. The SMILES string of the molecule is CCC(C)(C)C(=O)OC(CC(O)(C(F)(F)F)C(F)(F)F)C1CCCCC1.CCC(C)(C)C(=O)OC1(C)CCCC1. The summed E-state index contributed by atoms with van der Waals surface area (Å²) in [6.45, 7) is 12.7. The van der Waals surface area contributed by atoms with Crippen molar-refractivity contribution in [2.24, 2.45) is 16.7 Å². The quantitative estimate of drug-likeness (QED) is 0.215. The number of esters is 2. The molecule has 0 radical (unpaired) electrons. The van der Waals surface area contributed by atoms with Gasteiger partial charge in [0.15, 0.2) is 0 Å². The maximum absolute atomic E-state index is 13.1. The number of hydrogen-bond acceptors (Lipinski definition) is 5. The van der Waals surface area contributed by atoms with Gasteiger partial charge in [0.05, 0.1) is 10.8 Å². The van der Waals surface area contributed by atoms with E-state index in [0.717, 1.165) is 25.7 Å². The third kappa shape index (κ3) is 9.51. The summed E-state index contributed by atoms with van der Waals surface area (Å²) in [5.41, 5.74) is -6.46. The summed E-state index contributed by atoms with van der Waals surface area (Å²) in [5, 5.41) is 9.52. The smallest absolute Gasteiger partial charge is 0.426 e. The Kier molecular flexibility index (Phi) is 12.4. The monoisotopic (exact) mass is 590 g/mol. The minimum Gasteiger partial charge on any atom is -0.462 e. The van der Waals surface area contributed by atoms with Crippen LogP contribution in [0.5, 0.6) is 0 Å². The van der Waals surface area contributed by atoms with Gasteiger partial charge in [-0.1, -0.05) is 33.1 Å². The summed E-state index contributed by atoms with van der Waals surface area (Å²) in [4.78, 5) is 24.1. The van der Waals surface area contributed by atoms with E-state index < -0.39 is 47.8 Å². The van der Waals surface area contributed by atoms with Crippen LogP contribution < -0.4 is 0 Å². The van der Waals surface area contributed by atoms with Gasteiger partial charge in [0.2, 0.25) is 0 Å². The van der Waals surface area contributed by atoms with Crippen LogP contribution in [0, 0.1) is 16.7 Å². The second kappa shape index (κ2) is 13.6. The van der Waals surface area contributed by atoms with Crippen molar-refractivity contribution in [1.29, 1.82) is 0 Å². The van der Waals surface area contributed by atoms with Crippen molar-refractivity contribution in [2.75, 3.05) is 0 Å². The molecule has 0 aromatic carbocycles. The van der Waals surface area contributed by atoms with E-state index in [2.05, 4.69) is 6.92 Å². The lowest BCUT2D eigenvalue weighted by Gasteiger charge is -2.39. The highest BCUT2D eigenvalue weighted by atomic mass is 19.4. The third-order valence-corrected chi connectivity index (χ3v) is 8.74. The zero-order valence-electron chi connectivity index (χ0n) is 25.0. The van der Waals surface area contributed by atoms with Crippen LogP contribution in [0.25, 0.3) is 0 Å². The van der Waals surface area contributed by atoms with Crippen molar-refractivity contribution in [3.05, 3.63) is 0 Å². The van der Waals surface area contributed by atoms with Gasteiger partial charge in [-0.05, 0) is 91.9 Å². The number of ether oxygens (including phenoxy) is 2. The van der Waals surface area contributed by atoms with Gasteiger partial charge in [-0.3, -0.25) is 9.59 Å². The fourth-order valence-corrected chi connectivity index (χ4v) is 4.67. The molecule has 0 amide bonds. The van der Waals surface area contributed by atoms with E-state index in [0.29, 0.717) is 32.1 Å². The van der Waals surface area contributed by atoms with E-state index in [4.69, 9.17) is 9.47 Å². The predicted octanol–water partition coefficient (Wildman–Crippen LogP) is 8.46. The molecule has 0 aliphatic heterocycles. The Morgan fingerprint density at radius 1 is 0.800 bits per heavy atom. The molecular formula is C29H48F6O5. The van der Waals surface area contributed by atoms with E-state index in [1.54, 1.807) is 6.92 Å². The number of rotatable bonds is 9. The largest absolute Gasteiger partial charge is 0.462 e. The van der Waals surface area contributed by atoms with Crippen LogP contribution >= 0.6 is 0 Å². The zero-order chi connectivity index (χ0) is 31.2. The second-order valence-electron chi connectivity index (χ2n) is 12.9. The molecule has 1 unspecified atom stereocenters. The topological polar surface area (TPSA) is 72.8 Å². The van der Waals surface area contributed by atoms with Gasteiger partial charge in [-0.25, -0.2) is 0 Å². The molecule has 236 valence electrons. The second-order valence-corrected chi connectivity index (χ2v) is 12.9. The maximum Gasteiger partial charge on any atom is 0.426 e. The summed E-state index contributed by atoms with van der Waals surface area (Å²) in [7, 11) is 0. The Hall–Kier alpha value is -1.52. The molecule has 5 nitrogen and oxygen atoms in total. The molecule has 2 saturated carbocycles. The van der Waals surface area contributed by atoms with Crippen molar-refractivity contribution in [3.63, 3.8) is 0 Å². The maximum atomic E-state index is 13.1. The lowest BCUT2D eigenvalue weighted by Crippen LogP contribution is -2.59. The van der Waals surface area contributed by atoms with Crippen LogP contribution in [-0.2, 0) is 19.1 Å². The Balaban J connectivity index is 0.000000479. The van der Waals surface area contributed by atoms with Crippen LogP contribution in [0.2, 0.25) is 0 Å². The van der Waals surface area contributed by atoms with Crippen LogP contribution in [-0.4, -0.2) is 46.7 Å². The van der Waals surface area contributed by atoms with Gasteiger partial charge in [-0.15, -0.1) is 0 Å². The Bertz CT molecular complexity index is 808. The van der Waals surface area contributed by atoms with Gasteiger partial charge >= 0.3 is 24.3 Å². The predicted molar refractivity (Wildman–Crippen MR) is 139 cm³/mol. The molecule has 2 rings (SSSR count).